The second-order valence-corrected chi connectivity index (χ2v) is 4.35. The molecule has 4 nitrogen and oxygen atoms in total. The Kier molecular flexibility index (Phi) is 2.76. The van der Waals surface area contributed by atoms with Crippen LogP contribution in [-0.2, 0) is 4.79 Å². The molecule has 94 valence electrons. The van der Waals surface area contributed by atoms with Gasteiger partial charge in [0.1, 0.15) is 11.7 Å². The zero-order valence-electron chi connectivity index (χ0n) is 10.1. The molecule has 0 aliphatic carbocycles. The molecule has 0 saturated carbocycles. The molecule has 19 heavy (non-hydrogen) atoms. The average Bonchev–Trinajstić information content (AvgIpc) is 2.92. The predicted molar refractivity (Wildman–Crippen MR) is 72.0 cm³/mol. The van der Waals surface area contributed by atoms with E-state index < -0.39 is 11.9 Å². The summed E-state index contributed by atoms with van der Waals surface area (Å²) in [6.45, 7) is 0. The second-order valence-electron chi connectivity index (χ2n) is 4.35. The van der Waals surface area contributed by atoms with E-state index in [1.54, 1.807) is 12.4 Å². The Labute approximate surface area is 109 Å². The molecule has 1 aromatic heterocycles. The first-order chi connectivity index (χ1) is 9.25. The zero-order chi connectivity index (χ0) is 13.2. The van der Waals surface area contributed by atoms with Gasteiger partial charge in [0.05, 0.1) is 0 Å². The van der Waals surface area contributed by atoms with Crippen molar-refractivity contribution in [3.05, 3.63) is 66.2 Å². The van der Waals surface area contributed by atoms with Crippen LogP contribution in [0.15, 0.2) is 54.9 Å². The van der Waals surface area contributed by atoms with Gasteiger partial charge in [-0.05, 0) is 22.4 Å². The topological polar surface area (TPSA) is 66.0 Å². The van der Waals surface area contributed by atoms with Crippen LogP contribution in [-0.4, -0.2) is 21.0 Å². The lowest BCUT2D eigenvalue weighted by atomic mass is 9.96. The molecule has 3 rings (SSSR count). The third-order valence-corrected chi connectivity index (χ3v) is 3.15. The standard InChI is InChI=1S/C15H12N2O2/c18-15(19)13(14-16-7-8-17-14)12-6-5-10-3-1-2-4-11(10)9-12/h1-9,13H,(H,16,17)(H,18,19). The third-order valence-electron chi connectivity index (χ3n) is 3.15. The van der Waals surface area contributed by atoms with Crippen molar-refractivity contribution in [2.45, 2.75) is 5.92 Å². The van der Waals surface area contributed by atoms with Crippen LogP contribution >= 0.6 is 0 Å². The van der Waals surface area contributed by atoms with Crippen molar-refractivity contribution in [2.75, 3.05) is 0 Å². The smallest absolute Gasteiger partial charge is 0.318 e. The van der Waals surface area contributed by atoms with Crippen molar-refractivity contribution < 1.29 is 9.90 Å². The number of nitrogens with one attached hydrogen (secondary N) is 1. The lowest BCUT2D eigenvalue weighted by Gasteiger charge is -2.11. The Morgan fingerprint density at radius 2 is 1.95 bits per heavy atom. The zero-order valence-corrected chi connectivity index (χ0v) is 10.1. The van der Waals surface area contributed by atoms with Crippen molar-refractivity contribution in [1.29, 1.82) is 0 Å². The number of fused-ring (bicyclic) bond motifs is 1. The van der Waals surface area contributed by atoms with Crippen LogP contribution in [0.5, 0.6) is 0 Å². The van der Waals surface area contributed by atoms with Gasteiger partial charge >= 0.3 is 5.97 Å². The van der Waals surface area contributed by atoms with Gasteiger partial charge in [0, 0.05) is 12.4 Å². The van der Waals surface area contributed by atoms with Crippen LogP contribution in [0, 0.1) is 0 Å². The molecule has 0 radical (unpaired) electrons. The van der Waals surface area contributed by atoms with Crippen LogP contribution < -0.4 is 0 Å². The fourth-order valence-electron chi connectivity index (χ4n) is 2.24. The number of nitrogens with zero attached hydrogens (tertiary/aromatic N) is 1. The SMILES string of the molecule is O=C(O)C(c1ccc2ccccc2c1)c1ncc[nH]1. The molecule has 0 aliphatic heterocycles. The van der Waals surface area contributed by atoms with Gasteiger partial charge in [0.2, 0.25) is 0 Å². The Morgan fingerprint density at radius 1 is 1.16 bits per heavy atom. The van der Waals surface area contributed by atoms with E-state index in [9.17, 15) is 9.90 Å². The predicted octanol–water partition coefficient (Wildman–Crippen LogP) is 2.78. The normalized spacial score (nSPS) is 12.4. The molecule has 1 heterocycles. The van der Waals surface area contributed by atoms with Crippen LogP contribution in [0.25, 0.3) is 10.8 Å². The molecule has 1 atom stereocenters. The summed E-state index contributed by atoms with van der Waals surface area (Å²) in [5, 5.41) is 11.5. The third kappa shape index (κ3) is 2.08. The van der Waals surface area contributed by atoms with E-state index in [4.69, 9.17) is 0 Å². The van der Waals surface area contributed by atoms with Crippen molar-refractivity contribution in [3.8, 4) is 0 Å². The van der Waals surface area contributed by atoms with Gasteiger partial charge in [0.15, 0.2) is 0 Å². The Morgan fingerprint density at radius 3 is 2.63 bits per heavy atom. The van der Waals surface area contributed by atoms with Gasteiger partial charge in [-0.15, -0.1) is 0 Å². The monoisotopic (exact) mass is 252 g/mol. The molecular weight excluding hydrogens is 240 g/mol. The van der Waals surface area contributed by atoms with Crippen molar-refractivity contribution in [2.24, 2.45) is 0 Å². The van der Waals surface area contributed by atoms with Crippen molar-refractivity contribution >= 4 is 16.7 Å². The molecule has 1 unspecified atom stereocenters. The van der Waals surface area contributed by atoms with E-state index in [1.165, 1.54) is 0 Å². The first-order valence-corrected chi connectivity index (χ1v) is 5.96. The molecule has 2 N–H and O–H groups in total. The highest BCUT2D eigenvalue weighted by Crippen LogP contribution is 2.25. The van der Waals surface area contributed by atoms with Crippen molar-refractivity contribution in [1.82, 2.24) is 9.97 Å². The molecule has 3 aromatic rings. The average molecular weight is 252 g/mol. The van der Waals surface area contributed by atoms with E-state index in [0.717, 1.165) is 16.3 Å². The van der Waals surface area contributed by atoms with E-state index in [0.29, 0.717) is 5.82 Å². The molecule has 0 spiro atoms. The minimum atomic E-state index is -0.912. The van der Waals surface area contributed by atoms with Gasteiger partial charge < -0.3 is 10.1 Å². The number of aliphatic carboxylic acids is 1. The number of hydrogen-bond donors (Lipinski definition) is 2. The number of benzene rings is 2. The summed E-state index contributed by atoms with van der Waals surface area (Å²) in [5.41, 5.74) is 0.723. The van der Waals surface area contributed by atoms with Crippen LogP contribution in [0.3, 0.4) is 0 Å². The largest absolute Gasteiger partial charge is 0.480 e. The summed E-state index contributed by atoms with van der Waals surface area (Å²) in [6, 6.07) is 13.5. The van der Waals surface area contributed by atoms with E-state index >= 15 is 0 Å². The number of hydrogen-bond acceptors (Lipinski definition) is 2. The second kappa shape index (κ2) is 4.57. The summed E-state index contributed by atoms with van der Waals surface area (Å²) in [5.74, 6) is -1.23. The minimum Gasteiger partial charge on any atom is -0.480 e. The summed E-state index contributed by atoms with van der Waals surface area (Å²) in [6.07, 6.45) is 3.19. The molecule has 0 saturated heterocycles. The molecule has 0 aliphatic rings. The summed E-state index contributed by atoms with van der Waals surface area (Å²) >= 11 is 0. The number of aromatic nitrogens is 2. The Hall–Kier alpha value is -2.62. The lowest BCUT2D eigenvalue weighted by molar-refractivity contribution is -0.137. The Bertz CT molecular complexity index is 720. The van der Waals surface area contributed by atoms with Crippen LogP contribution in [0.2, 0.25) is 0 Å². The molecular formula is C15H12N2O2. The maximum atomic E-state index is 11.5. The van der Waals surface area contributed by atoms with Gasteiger partial charge in [0.25, 0.3) is 0 Å². The first kappa shape index (κ1) is 11.5. The molecule has 0 fully saturated rings. The van der Waals surface area contributed by atoms with Gasteiger partial charge in [-0.1, -0.05) is 36.4 Å². The molecule has 0 bridgehead atoms. The van der Waals surface area contributed by atoms with Crippen LogP contribution in [0.4, 0.5) is 0 Å². The van der Waals surface area contributed by atoms with E-state index in [2.05, 4.69) is 9.97 Å². The van der Waals surface area contributed by atoms with Gasteiger partial charge in [-0.2, -0.15) is 0 Å². The number of aromatic amines is 1. The number of imidazole rings is 1. The lowest BCUT2D eigenvalue weighted by Crippen LogP contribution is -2.14. The summed E-state index contributed by atoms with van der Waals surface area (Å²) in [4.78, 5) is 18.4. The highest BCUT2D eigenvalue weighted by atomic mass is 16.4. The fourth-order valence-corrected chi connectivity index (χ4v) is 2.24. The number of carbonyl (C=O) groups is 1. The fraction of sp³-hybridized carbons (Fsp3) is 0.0667. The maximum Gasteiger partial charge on any atom is 0.318 e. The highest BCUT2D eigenvalue weighted by molar-refractivity contribution is 5.86. The van der Waals surface area contributed by atoms with Gasteiger partial charge in [-0.3, -0.25) is 4.79 Å². The number of carboxylic acid groups (broad SMARTS) is 1. The summed E-state index contributed by atoms with van der Waals surface area (Å²) in [7, 11) is 0. The number of rotatable bonds is 3. The van der Waals surface area contributed by atoms with Crippen molar-refractivity contribution in [3.63, 3.8) is 0 Å². The number of carboxylic acids is 1. The maximum absolute atomic E-state index is 11.5. The molecule has 2 aromatic carbocycles. The van der Waals surface area contributed by atoms with Gasteiger partial charge in [-0.25, -0.2) is 4.98 Å². The first-order valence-electron chi connectivity index (χ1n) is 5.96. The molecule has 4 heteroatoms. The highest BCUT2D eigenvalue weighted by Gasteiger charge is 2.24. The van der Waals surface area contributed by atoms with E-state index in [1.807, 2.05) is 42.5 Å². The molecule has 0 amide bonds. The van der Waals surface area contributed by atoms with Crippen LogP contribution in [0.1, 0.15) is 17.3 Å². The Balaban J connectivity index is 2.13. The number of H-pyrrole nitrogens is 1. The quantitative estimate of drug-likeness (QED) is 0.753. The minimum absolute atomic E-state index is 0.447. The summed E-state index contributed by atoms with van der Waals surface area (Å²) < 4.78 is 0. The van der Waals surface area contributed by atoms with E-state index in [-0.39, 0.29) is 0 Å².